The molecular weight excluding hydrogens is 166 g/mol. The van der Waals surface area contributed by atoms with Gasteiger partial charge >= 0.3 is 0 Å². The molecule has 0 spiro atoms. The fourth-order valence-corrected chi connectivity index (χ4v) is 0.686. The zero-order valence-electron chi connectivity index (χ0n) is 7.23. The lowest BCUT2D eigenvalue weighted by atomic mass is 10.3. The van der Waals surface area contributed by atoms with Crippen molar-refractivity contribution in [2.45, 2.75) is 26.3 Å². The third kappa shape index (κ3) is 5.01. The van der Waals surface area contributed by atoms with Crippen LogP contribution in [0.3, 0.4) is 0 Å². The van der Waals surface area contributed by atoms with Crippen molar-refractivity contribution in [2.24, 2.45) is 0 Å². The minimum Gasteiger partial charge on any atom is -0.355 e. The zero-order chi connectivity index (χ0) is 9.56. The number of rotatable bonds is 5. The highest BCUT2D eigenvalue weighted by molar-refractivity contribution is 5.81. The molecule has 0 fully saturated rings. The highest BCUT2D eigenvalue weighted by Gasteiger charge is 2.12. The molecule has 1 atom stereocenters. The molecule has 12 heavy (non-hydrogen) atoms. The SMILES string of the molecule is CCNC(=O)C(C)NCC(F)F. The van der Waals surface area contributed by atoms with E-state index in [1.54, 1.807) is 13.8 Å². The lowest BCUT2D eigenvalue weighted by molar-refractivity contribution is -0.122. The number of likely N-dealkylation sites (N-methyl/N-ethyl adjacent to an activating group) is 1. The molecule has 1 amide bonds. The van der Waals surface area contributed by atoms with Crippen LogP contribution in [0.2, 0.25) is 0 Å². The van der Waals surface area contributed by atoms with Crippen LogP contribution in [0, 0.1) is 0 Å². The van der Waals surface area contributed by atoms with Gasteiger partial charge in [-0.05, 0) is 13.8 Å². The van der Waals surface area contributed by atoms with Crippen LogP contribution < -0.4 is 10.6 Å². The first-order valence-electron chi connectivity index (χ1n) is 3.87. The van der Waals surface area contributed by atoms with Crippen molar-refractivity contribution in [2.75, 3.05) is 13.1 Å². The first-order chi connectivity index (χ1) is 5.57. The van der Waals surface area contributed by atoms with E-state index in [2.05, 4.69) is 10.6 Å². The zero-order valence-corrected chi connectivity index (χ0v) is 7.23. The molecule has 72 valence electrons. The number of carbonyl (C=O) groups is 1. The highest BCUT2D eigenvalue weighted by Crippen LogP contribution is 1.90. The van der Waals surface area contributed by atoms with Gasteiger partial charge in [0.1, 0.15) is 0 Å². The van der Waals surface area contributed by atoms with Crippen LogP contribution in [-0.2, 0) is 4.79 Å². The van der Waals surface area contributed by atoms with Gasteiger partial charge in [-0.15, -0.1) is 0 Å². The Morgan fingerprint density at radius 1 is 1.50 bits per heavy atom. The van der Waals surface area contributed by atoms with E-state index in [0.29, 0.717) is 6.54 Å². The van der Waals surface area contributed by atoms with Gasteiger partial charge in [0, 0.05) is 6.54 Å². The van der Waals surface area contributed by atoms with Crippen LogP contribution in [0.15, 0.2) is 0 Å². The Morgan fingerprint density at radius 2 is 2.08 bits per heavy atom. The number of hydrogen-bond donors (Lipinski definition) is 2. The molecule has 0 aliphatic rings. The second-order valence-corrected chi connectivity index (χ2v) is 2.42. The molecule has 0 aromatic carbocycles. The maximum atomic E-state index is 11.7. The molecule has 3 nitrogen and oxygen atoms in total. The van der Waals surface area contributed by atoms with Crippen LogP contribution >= 0.6 is 0 Å². The normalized spacial score (nSPS) is 13.1. The quantitative estimate of drug-likeness (QED) is 0.641. The van der Waals surface area contributed by atoms with Crippen LogP contribution in [0.25, 0.3) is 0 Å². The minimum absolute atomic E-state index is 0.252. The summed E-state index contributed by atoms with van der Waals surface area (Å²) in [5.41, 5.74) is 0. The van der Waals surface area contributed by atoms with E-state index in [1.807, 2.05) is 0 Å². The molecule has 2 N–H and O–H groups in total. The van der Waals surface area contributed by atoms with Crippen molar-refractivity contribution in [3.05, 3.63) is 0 Å². The summed E-state index contributed by atoms with van der Waals surface area (Å²) in [6, 6.07) is -0.557. The second-order valence-electron chi connectivity index (χ2n) is 2.42. The lowest BCUT2D eigenvalue weighted by Gasteiger charge is -2.12. The van der Waals surface area contributed by atoms with Crippen molar-refractivity contribution in [3.63, 3.8) is 0 Å². The van der Waals surface area contributed by atoms with Gasteiger partial charge in [0.25, 0.3) is 6.43 Å². The number of halogens is 2. The van der Waals surface area contributed by atoms with Gasteiger partial charge in [-0.2, -0.15) is 0 Å². The molecule has 1 unspecified atom stereocenters. The number of alkyl halides is 2. The first kappa shape index (κ1) is 11.3. The van der Waals surface area contributed by atoms with E-state index in [0.717, 1.165) is 0 Å². The molecule has 0 saturated heterocycles. The van der Waals surface area contributed by atoms with E-state index in [9.17, 15) is 13.6 Å². The third-order valence-corrected chi connectivity index (χ3v) is 1.32. The molecule has 5 heteroatoms. The van der Waals surface area contributed by atoms with Crippen molar-refractivity contribution in [1.82, 2.24) is 10.6 Å². The van der Waals surface area contributed by atoms with Gasteiger partial charge in [0.15, 0.2) is 0 Å². The fraction of sp³-hybridized carbons (Fsp3) is 0.857. The van der Waals surface area contributed by atoms with Gasteiger partial charge < -0.3 is 10.6 Å². The lowest BCUT2D eigenvalue weighted by Crippen LogP contribution is -2.43. The summed E-state index contributed by atoms with van der Waals surface area (Å²) >= 11 is 0. The third-order valence-electron chi connectivity index (χ3n) is 1.32. The van der Waals surface area contributed by atoms with Crippen LogP contribution in [0.1, 0.15) is 13.8 Å². The molecular formula is C7H14F2N2O. The summed E-state index contributed by atoms with van der Waals surface area (Å²) < 4.78 is 23.3. The van der Waals surface area contributed by atoms with Gasteiger partial charge in [-0.1, -0.05) is 0 Å². The van der Waals surface area contributed by atoms with Crippen LogP contribution in [0.5, 0.6) is 0 Å². The summed E-state index contributed by atoms with van der Waals surface area (Å²) in [7, 11) is 0. The Balaban J connectivity index is 3.56. The monoisotopic (exact) mass is 180 g/mol. The average molecular weight is 180 g/mol. The van der Waals surface area contributed by atoms with Crippen molar-refractivity contribution in [1.29, 1.82) is 0 Å². The Labute approximate surface area is 70.5 Å². The molecule has 0 rings (SSSR count). The summed E-state index contributed by atoms with van der Waals surface area (Å²) in [6.45, 7) is 3.39. The smallest absolute Gasteiger partial charge is 0.250 e. The largest absolute Gasteiger partial charge is 0.355 e. The maximum Gasteiger partial charge on any atom is 0.250 e. The predicted octanol–water partition coefficient (Wildman–Crippen LogP) is 0.366. The number of nitrogens with one attached hydrogen (secondary N) is 2. The Bertz CT molecular complexity index is 141. The Morgan fingerprint density at radius 3 is 2.50 bits per heavy atom. The molecule has 0 saturated carbocycles. The molecule has 0 aliphatic heterocycles. The molecule has 0 bridgehead atoms. The Kier molecular flexibility index (Phi) is 5.53. The summed E-state index contributed by atoms with van der Waals surface area (Å²) in [5.74, 6) is -0.252. The number of carbonyl (C=O) groups excluding carboxylic acids is 1. The number of hydrogen-bond acceptors (Lipinski definition) is 2. The highest BCUT2D eigenvalue weighted by atomic mass is 19.3. The van der Waals surface area contributed by atoms with E-state index in [1.165, 1.54) is 0 Å². The van der Waals surface area contributed by atoms with Gasteiger partial charge in [-0.3, -0.25) is 4.79 Å². The molecule has 0 radical (unpaired) electrons. The molecule has 0 aromatic rings. The predicted molar refractivity (Wildman–Crippen MR) is 42.2 cm³/mol. The van der Waals surface area contributed by atoms with E-state index < -0.39 is 19.0 Å². The first-order valence-corrected chi connectivity index (χ1v) is 3.87. The topological polar surface area (TPSA) is 41.1 Å². The molecule has 0 aliphatic carbocycles. The van der Waals surface area contributed by atoms with Crippen molar-refractivity contribution in [3.8, 4) is 0 Å². The molecule has 0 heterocycles. The van der Waals surface area contributed by atoms with Gasteiger partial charge in [0.2, 0.25) is 5.91 Å². The summed E-state index contributed by atoms with van der Waals surface area (Å²) in [6.07, 6.45) is -2.41. The second kappa shape index (κ2) is 5.88. The van der Waals surface area contributed by atoms with Crippen molar-refractivity contribution < 1.29 is 13.6 Å². The summed E-state index contributed by atoms with van der Waals surface area (Å²) in [4.78, 5) is 10.9. The van der Waals surface area contributed by atoms with E-state index >= 15 is 0 Å². The Hall–Kier alpha value is -0.710. The van der Waals surface area contributed by atoms with Crippen LogP contribution in [0.4, 0.5) is 8.78 Å². The standard InChI is InChI=1S/C7H14F2N2O/c1-3-10-7(12)5(2)11-4-6(8)9/h5-6,11H,3-4H2,1-2H3,(H,10,12). The summed E-state index contributed by atoms with van der Waals surface area (Å²) in [5, 5.41) is 4.93. The average Bonchev–Trinajstić information content (AvgIpc) is 2.00. The van der Waals surface area contributed by atoms with Crippen LogP contribution in [-0.4, -0.2) is 31.5 Å². The van der Waals surface area contributed by atoms with Crippen molar-refractivity contribution >= 4 is 5.91 Å². The fourth-order valence-electron chi connectivity index (χ4n) is 0.686. The molecule has 0 aromatic heterocycles. The minimum atomic E-state index is -2.41. The number of amides is 1. The van der Waals surface area contributed by atoms with E-state index in [-0.39, 0.29) is 5.91 Å². The van der Waals surface area contributed by atoms with Gasteiger partial charge in [0.05, 0.1) is 12.6 Å². The maximum absolute atomic E-state index is 11.7. The van der Waals surface area contributed by atoms with Gasteiger partial charge in [-0.25, -0.2) is 8.78 Å². The van der Waals surface area contributed by atoms with E-state index in [4.69, 9.17) is 0 Å².